The SMILES string of the molecule is CCCCCCCCCCCCCCCCC(N=O)C(O)O. The van der Waals surface area contributed by atoms with Crippen LogP contribution >= 0.6 is 0 Å². The van der Waals surface area contributed by atoms with E-state index in [0.717, 1.165) is 12.8 Å². The Labute approximate surface area is 136 Å². The van der Waals surface area contributed by atoms with Gasteiger partial charge >= 0.3 is 0 Å². The quantitative estimate of drug-likeness (QED) is 0.217. The minimum absolute atomic E-state index is 0.485. The molecule has 4 nitrogen and oxygen atoms in total. The molecule has 0 spiro atoms. The van der Waals surface area contributed by atoms with Crippen molar-refractivity contribution in [2.24, 2.45) is 5.18 Å². The van der Waals surface area contributed by atoms with E-state index in [4.69, 9.17) is 10.2 Å². The second-order valence-corrected chi connectivity index (χ2v) is 6.47. The largest absolute Gasteiger partial charge is 0.366 e. The molecule has 0 radical (unpaired) electrons. The van der Waals surface area contributed by atoms with Crippen LogP contribution in [-0.2, 0) is 0 Å². The fraction of sp³-hybridized carbons (Fsp3) is 1.00. The van der Waals surface area contributed by atoms with Crippen LogP contribution in [0.5, 0.6) is 0 Å². The van der Waals surface area contributed by atoms with Gasteiger partial charge in [0.15, 0.2) is 6.29 Å². The van der Waals surface area contributed by atoms with E-state index < -0.39 is 12.3 Å². The summed E-state index contributed by atoms with van der Waals surface area (Å²) in [7, 11) is 0. The number of aliphatic hydroxyl groups excluding tert-OH is 1. The van der Waals surface area contributed by atoms with Crippen LogP contribution in [0.1, 0.15) is 103 Å². The molecule has 0 fully saturated rings. The van der Waals surface area contributed by atoms with Crippen molar-refractivity contribution >= 4 is 0 Å². The molecule has 2 N–H and O–H groups in total. The molecule has 0 heterocycles. The Kier molecular flexibility index (Phi) is 16.5. The van der Waals surface area contributed by atoms with E-state index in [1.54, 1.807) is 0 Å². The normalized spacial score (nSPS) is 12.7. The summed E-state index contributed by atoms with van der Waals surface area (Å²) < 4.78 is 0. The summed E-state index contributed by atoms with van der Waals surface area (Å²) in [4.78, 5) is 10.3. The van der Waals surface area contributed by atoms with Gasteiger partial charge in [0.2, 0.25) is 0 Å². The lowest BCUT2D eigenvalue weighted by Gasteiger charge is -2.10. The molecule has 22 heavy (non-hydrogen) atoms. The summed E-state index contributed by atoms with van der Waals surface area (Å²) in [6.45, 7) is 2.26. The number of unbranched alkanes of at least 4 members (excludes halogenated alkanes) is 13. The predicted octanol–water partition coefficient (Wildman–Crippen LogP) is 5.30. The summed E-state index contributed by atoms with van der Waals surface area (Å²) in [6, 6.07) is -0.850. The van der Waals surface area contributed by atoms with Crippen molar-refractivity contribution in [3.8, 4) is 0 Å². The fourth-order valence-corrected chi connectivity index (χ4v) is 2.80. The first-order valence-electron chi connectivity index (χ1n) is 9.41. The van der Waals surface area contributed by atoms with Gasteiger partial charge in [-0.05, 0) is 6.42 Å². The minimum Gasteiger partial charge on any atom is -0.366 e. The van der Waals surface area contributed by atoms with E-state index in [9.17, 15) is 4.91 Å². The molecular weight excluding hydrogens is 278 g/mol. The maximum absolute atomic E-state index is 10.3. The number of nitroso groups, excluding NO2 is 1. The highest BCUT2D eigenvalue weighted by molar-refractivity contribution is 4.67. The van der Waals surface area contributed by atoms with E-state index in [0.29, 0.717) is 6.42 Å². The van der Waals surface area contributed by atoms with Gasteiger partial charge in [0.25, 0.3) is 0 Å². The fourth-order valence-electron chi connectivity index (χ4n) is 2.80. The summed E-state index contributed by atoms with van der Waals surface area (Å²) >= 11 is 0. The molecule has 0 rings (SSSR count). The van der Waals surface area contributed by atoms with Crippen LogP contribution in [0.2, 0.25) is 0 Å². The second kappa shape index (κ2) is 16.9. The molecule has 0 aromatic carbocycles. The van der Waals surface area contributed by atoms with Crippen molar-refractivity contribution in [2.45, 2.75) is 116 Å². The standard InChI is InChI=1S/C18H37NO3/c1-2-3-4-5-6-7-8-9-10-11-12-13-14-15-16-17(19-22)18(20)21/h17-18,20-21H,2-16H2,1H3. The molecule has 4 heteroatoms. The van der Waals surface area contributed by atoms with Gasteiger partial charge in [0.05, 0.1) is 0 Å². The molecule has 0 saturated heterocycles. The van der Waals surface area contributed by atoms with E-state index in [1.165, 1.54) is 77.0 Å². The highest BCUT2D eigenvalue weighted by atomic mass is 16.5. The number of hydrogen-bond donors (Lipinski definition) is 2. The topological polar surface area (TPSA) is 69.9 Å². The Bertz CT molecular complexity index is 234. The molecule has 1 atom stereocenters. The average Bonchev–Trinajstić information content (AvgIpc) is 2.51. The van der Waals surface area contributed by atoms with Gasteiger partial charge in [-0.1, -0.05) is 102 Å². The maximum Gasteiger partial charge on any atom is 0.177 e. The van der Waals surface area contributed by atoms with Gasteiger partial charge in [0, 0.05) is 0 Å². The molecule has 0 aliphatic rings. The summed E-state index contributed by atoms with van der Waals surface area (Å²) in [5.74, 6) is 0. The summed E-state index contributed by atoms with van der Waals surface area (Å²) in [5.41, 5.74) is 0. The van der Waals surface area contributed by atoms with Crippen LogP contribution in [0, 0.1) is 4.91 Å². The third kappa shape index (κ3) is 14.5. The summed E-state index contributed by atoms with van der Waals surface area (Å²) in [5, 5.41) is 20.5. The molecule has 132 valence electrons. The molecule has 0 saturated carbocycles. The number of rotatable bonds is 17. The van der Waals surface area contributed by atoms with E-state index in [2.05, 4.69) is 12.1 Å². The van der Waals surface area contributed by atoms with Gasteiger partial charge < -0.3 is 10.2 Å². The Balaban J connectivity index is 3.13. The zero-order valence-corrected chi connectivity index (χ0v) is 14.5. The van der Waals surface area contributed by atoms with Crippen molar-refractivity contribution in [3.63, 3.8) is 0 Å². The van der Waals surface area contributed by atoms with E-state index in [-0.39, 0.29) is 0 Å². The number of aliphatic hydroxyl groups is 2. The zero-order chi connectivity index (χ0) is 16.5. The minimum atomic E-state index is -1.60. The molecule has 1 unspecified atom stereocenters. The highest BCUT2D eigenvalue weighted by Crippen LogP contribution is 2.14. The maximum atomic E-state index is 10.3. The Morgan fingerprint density at radius 1 is 0.682 bits per heavy atom. The van der Waals surface area contributed by atoms with E-state index >= 15 is 0 Å². The third-order valence-corrected chi connectivity index (χ3v) is 4.33. The first-order valence-corrected chi connectivity index (χ1v) is 9.41. The lowest BCUT2D eigenvalue weighted by molar-refractivity contribution is -0.0596. The Morgan fingerprint density at radius 2 is 1.05 bits per heavy atom. The van der Waals surface area contributed by atoms with Gasteiger partial charge in [-0.15, -0.1) is 0 Å². The first kappa shape index (κ1) is 21.5. The van der Waals surface area contributed by atoms with Crippen molar-refractivity contribution in [3.05, 3.63) is 4.91 Å². The van der Waals surface area contributed by atoms with Crippen LogP contribution in [0.15, 0.2) is 5.18 Å². The van der Waals surface area contributed by atoms with Crippen LogP contribution in [0.4, 0.5) is 0 Å². The van der Waals surface area contributed by atoms with Gasteiger partial charge in [-0.3, -0.25) is 0 Å². The average molecular weight is 315 g/mol. The Morgan fingerprint density at radius 3 is 1.36 bits per heavy atom. The van der Waals surface area contributed by atoms with Crippen molar-refractivity contribution in [1.29, 1.82) is 0 Å². The van der Waals surface area contributed by atoms with Gasteiger partial charge in [0.1, 0.15) is 6.04 Å². The zero-order valence-electron chi connectivity index (χ0n) is 14.5. The lowest BCUT2D eigenvalue weighted by atomic mass is 10.0. The molecule has 0 aromatic rings. The van der Waals surface area contributed by atoms with Crippen LogP contribution in [0.3, 0.4) is 0 Å². The molecule has 0 amide bonds. The third-order valence-electron chi connectivity index (χ3n) is 4.33. The molecule has 0 aliphatic heterocycles. The lowest BCUT2D eigenvalue weighted by Crippen LogP contribution is -2.22. The first-order chi connectivity index (χ1) is 10.7. The summed E-state index contributed by atoms with van der Waals surface area (Å²) in [6.07, 6.45) is 16.9. The van der Waals surface area contributed by atoms with Crippen molar-refractivity contribution in [2.75, 3.05) is 0 Å². The number of nitrogens with zero attached hydrogens (tertiary/aromatic N) is 1. The van der Waals surface area contributed by atoms with Crippen LogP contribution in [-0.4, -0.2) is 22.5 Å². The molecule has 0 aliphatic carbocycles. The monoisotopic (exact) mass is 315 g/mol. The predicted molar refractivity (Wildman–Crippen MR) is 92.7 cm³/mol. The second-order valence-electron chi connectivity index (χ2n) is 6.47. The smallest absolute Gasteiger partial charge is 0.177 e. The Hall–Kier alpha value is -0.480. The van der Waals surface area contributed by atoms with E-state index in [1.807, 2.05) is 0 Å². The van der Waals surface area contributed by atoms with Crippen LogP contribution in [0.25, 0.3) is 0 Å². The van der Waals surface area contributed by atoms with Crippen LogP contribution < -0.4 is 0 Å². The number of hydrogen-bond acceptors (Lipinski definition) is 4. The van der Waals surface area contributed by atoms with Crippen molar-refractivity contribution < 1.29 is 10.2 Å². The molecule has 0 bridgehead atoms. The van der Waals surface area contributed by atoms with Gasteiger partial charge in [-0.25, -0.2) is 0 Å². The molecular formula is C18H37NO3. The molecule has 0 aromatic heterocycles. The van der Waals surface area contributed by atoms with Gasteiger partial charge in [-0.2, -0.15) is 4.91 Å². The van der Waals surface area contributed by atoms with Crippen molar-refractivity contribution in [1.82, 2.24) is 0 Å². The highest BCUT2D eigenvalue weighted by Gasteiger charge is 2.15.